The third-order valence-electron chi connectivity index (χ3n) is 7.06. The third-order valence-corrected chi connectivity index (χ3v) is 7.06. The third kappa shape index (κ3) is 3.54. The minimum atomic E-state index is -0.527. The number of piperidine rings is 2. The summed E-state index contributed by atoms with van der Waals surface area (Å²) >= 11 is 0. The van der Waals surface area contributed by atoms with Crippen LogP contribution < -0.4 is 10.1 Å². The zero-order valence-electron chi connectivity index (χ0n) is 18.2. The normalized spacial score (nSPS) is 23.3. The Labute approximate surface area is 185 Å². The zero-order chi connectivity index (χ0) is 22.5. The summed E-state index contributed by atoms with van der Waals surface area (Å²) in [5.74, 6) is -0.231. The van der Waals surface area contributed by atoms with Gasteiger partial charge in [-0.25, -0.2) is 0 Å². The molecule has 1 aliphatic carbocycles. The number of aryl methyl sites for hydroxylation is 1. The number of carbonyl (C=O) groups is 3. The Balaban J connectivity index is 1.31. The van der Waals surface area contributed by atoms with Gasteiger partial charge in [0, 0.05) is 44.8 Å². The Kier molecular flexibility index (Phi) is 5.16. The fourth-order valence-corrected chi connectivity index (χ4v) is 4.92. The molecule has 1 saturated carbocycles. The number of aromatic nitrogens is 2. The van der Waals surface area contributed by atoms with Crippen molar-refractivity contribution in [3.05, 3.63) is 23.9 Å². The van der Waals surface area contributed by atoms with Gasteiger partial charge < -0.3 is 14.7 Å². The maximum absolute atomic E-state index is 12.7. The van der Waals surface area contributed by atoms with Gasteiger partial charge in [0.1, 0.15) is 17.4 Å². The van der Waals surface area contributed by atoms with Crippen molar-refractivity contribution in [3.8, 4) is 5.75 Å². The number of aliphatic hydroxyl groups excluding tert-OH is 1. The molecule has 3 amide bonds. The summed E-state index contributed by atoms with van der Waals surface area (Å²) in [6.45, 7) is 1.17. The van der Waals surface area contributed by atoms with Crippen molar-refractivity contribution < 1.29 is 24.2 Å². The molecule has 1 aromatic heterocycles. The van der Waals surface area contributed by atoms with Crippen molar-refractivity contribution in [2.24, 2.45) is 12.5 Å². The van der Waals surface area contributed by atoms with Crippen LogP contribution in [0, 0.1) is 5.41 Å². The molecule has 3 heterocycles. The van der Waals surface area contributed by atoms with E-state index in [1.807, 2.05) is 30.1 Å². The molecule has 1 atom stereocenters. The van der Waals surface area contributed by atoms with Crippen LogP contribution in [0.25, 0.3) is 10.9 Å². The molecule has 9 heteroatoms. The lowest BCUT2D eigenvalue weighted by Crippen LogP contribution is -2.45. The number of fused-ring (bicyclic) bond motifs is 1. The van der Waals surface area contributed by atoms with Gasteiger partial charge in [0.25, 0.3) is 0 Å². The second-order valence-electron chi connectivity index (χ2n) is 9.21. The molecule has 5 rings (SSSR count). The average molecular weight is 441 g/mol. The number of imide groups is 1. The van der Waals surface area contributed by atoms with Crippen molar-refractivity contribution in [2.45, 2.75) is 50.5 Å². The summed E-state index contributed by atoms with van der Waals surface area (Å²) < 4.78 is 8.08. The van der Waals surface area contributed by atoms with E-state index >= 15 is 0 Å². The molecule has 3 fully saturated rings. The average Bonchev–Trinajstić information content (AvgIpc) is 3.52. The number of amides is 3. The van der Waals surface area contributed by atoms with Crippen LogP contribution in [0.2, 0.25) is 0 Å². The number of nitrogens with zero attached hydrogens (tertiary/aromatic N) is 3. The lowest BCUT2D eigenvalue weighted by Gasteiger charge is -2.34. The highest BCUT2D eigenvalue weighted by Gasteiger charge is 2.51. The predicted molar refractivity (Wildman–Crippen MR) is 115 cm³/mol. The number of hydrogen-bond acceptors (Lipinski definition) is 6. The van der Waals surface area contributed by atoms with Crippen LogP contribution in [0.5, 0.6) is 5.75 Å². The maximum atomic E-state index is 12.7. The first kappa shape index (κ1) is 20.9. The van der Waals surface area contributed by atoms with Crippen LogP contribution in [0.3, 0.4) is 0 Å². The SMILES string of the molecule is Cn1nc(C2CCC(=O)NC2=O)c2cccc(OC3CCN(C(=O)C4(CO)CC4)CC3)c21. The highest BCUT2D eigenvalue weighted by Crippen LogP contribution is 2.47. The molecule has 32 heavy (non-hydrogen) atoms. The van der Waals surface area contributed by atoms with E-state index in [-0.39, 0.29) is 30.4 Å². The van der Waals surface area contributed by atoms with Crippen LogP contribution >= 0.6 is 0 Å². The lowest BCUT2D eigenvalue weighted by atomic mass is 9.93. The van der Waals surface area contributed by atoms with Gasteiger partial charge in [-0.05, 0) is 25.3 Å². The summed E-state index contributed by atoms with van der Waals surface area (Å²) in [4.78, 5) is 38.4. The van der Waals surface area contributed by atoms with E-state index in [0.29, 0.717) is 37.4 Å². The number of ether oxygens (including phenoxy) is 1. The summed E-state index contributed by atoms with van der Waals surface area (Å²) in [5.41, 5.74) is 0.959. The Morgan fingerprint density at radius 3 is 2.66 bits per heavy atom. The van der Waals surface area contributed by atoms with E-state index in [4.69, 9.17) is 4.74 Å². The van der Waals surface area contributed by atoms with E-state index in [1.54, 1.807) is 4.68 Å². The first-order valence-corrected chi connectivity index (χ1v) is 11.3. The minimum absolute atomic E-state index is 0.0251. The first-order valence-electron chi connectivity index (χ1n) is 11.3. The number of nitrogens with one attached hydrogen (secondary N) is 1. The minimum Gasteiger partial charge on any atom is -0.488 e. The van der Waals surface area contributed by atoms with Crippen molar-refractivity contribution in [1.29, 1.82) is 0 Å². The molecular weight excluding hydrogens is 412 g/mol. The van der Waals surface area contributed by atoms with E-state index in [2.05, 4.69) is 10.4 Å². The largest absolute Gasteiger partial charge is 0.488 e. The topological polar surface area (TPSA) is 114 Å². The van der Waals surface area contributed by atoms with Gasteiger partial charge in [-0.3, -0.25) is 24.4 Å². The van der Waals surface area contributed by atoms with Crippen molar-refractivity contribution in [1.82, 2.24) is 20.0 Å². The zero-order valence-corrected chi connectivity index (χ0v) is 18.2. The van der Waals surface area contributed by atoms with E-state index in [0.717, 1.165) is 36.6 Å². The molecule has 2 aromatic rings. The van der Waals surface area contributed by atoms with Gasteiger partial charge in [0.2, 0.25) is 17.7 Å². The van der Waals surface area contributed by atoms with Crippen LogP contribution in [0.1, 0.15) is 50.1 Å². The van der Waals surface area contributed by atoms with Crippen molar-refractivity contribution in [2.75, 3.05) is 19.7 Å². The van der Waals surface area contributed by atoms with Crippen LogP contribution in [0.15, 0.2) is 18.2 Å². The number of likely N-dealkylation sites (tertiary alicyclic amines) is 1. The standard InChI is InChI=1S/C23H28N4O5/c1-26-20-15(19(25-26)16-5-6-18(29)24-21(16)30)3-2-4-17(20)32-14-7-11-27(12-8-14)22(31)23(13-28)9-10-23/h2-4,14,16,28H,5-13H2,1H3,(H,24,29,30). The van der Waals surface area contributed by atoms with Gasteiger partial charge >= 0.3 is 0 Å². The molecule has 3 aliphatic rings. The van der Waals surface area contributed by atoms with Crippen molar-refractivity contribution in [3.63, 3.8) is 0 Å². The molecule has 1 unspecified atom stereocenters. The van der Waals surface area contributed by atoms with Gasteiger partial charge in [0.15, 0.2) is 0 Å². The Morgan fingerprint density at radius 1 is 1.25 bits per heavy atom. The number of rotatable bonds is 5. The van der Waals surface area contributed by atoms with Crippen LogP contribution in [-0.4, -0.2) is 63.3 Å². The monoisotopic (exact) mass is 440 g/mol. The molecule has 2 saturated heterocycles. The van der Waals surface area contributed by atoms with Crippen molar-refractivity contribution >= 4 is 28.6 Å². The van der Waals surface area contributed by atoms with Crippen LogP contribution in [-0.2, 0) is 21.4 Å². The number of benzene rings is 1. The molecule has 2 N–H and O–H groups in total. The fraction of sp³-hybridized carbons (Fsp3) is 0.565. The van der Waals surface area contributed by atoms with Gasteiger partial charge in [0.05, 0.1) is 23.6 Å². The van der Waals surface area contributed by atoms with E-state index < -0.39 is 11.3 Å². The number of carbonyl (C=O) groups excluding carboxylic acids is 3. The lowest BCUT2D eigenvalue weighted by molar-refractivity contribution is -0.140. The smallest absolute Gasteiger partial charge is 0.235 e. The number of aliphatic hydroxyl groups is 1. The molecule has 170 valence electrons. The maximum Gasteiger partial charge on any atom is 0.235 e. The molecule has 0 radical (unpaired) electrons. The molecule has 0 spiro atoms. The number of hydrogen-bond donors (Lipinski definition) is 2. The van der Waals surface area contributed by atoms with E-state index in [1.165, 1.54) is 0 Å². The van der Waals surface area contributed by atoms with Crippen LogP contribution in [0.4, 0.5) is 0 Å². The second kappa shape index (κ2) is 7.88. The Morgan fingerprint density at radius 2 is 2.00 bits per heavy atom. The van der Waals surface area contributed by atoms with Gasteiger partial charge in [-0.2, -0.15) is 5.10 Å². The molecule has 0 bridgehead atoms. The summed E-state index contributed by atoms with van der Waals surface area (Å²) in [6, 6.07) is 5.73. The Hall–Kier alpha value is -2.94. The highest BCUT2D eigenvalue weighted by atomic mass is 16.5. The number of para-hydroxylation sites is 1. The second-order valence-corrected chi connectivity index (χ2v) is 9.21. The van der Waals surface area contributed by atoms with E-state index in [9.17, 15) is 19.5 Å². The first-order chi connectivity index (χ1) is 15.4. The quantitative estimate of drug-likeness (QED) is 0.676. The highest BCUT2D eigenvalue weighted by molar-refractivity contribution is 6.03. The molecule has 1 aromatic carbocycles. The summed E-state index contributed by atoms with van der Waals surface area (Å²) in [5, 5.41) is 17.4. The molecule has 2 aliphatic heterocycles. The fourth-order valence-electron chi connectivity index (χ4n) is 4.92. The molecule has 9 nitrogen and oxygen atoms in total. The summed E-state index contributed by atoms with van der Waals surface area (Å²) in [6.07, 6.45) is 3.72. The van der Waals surface area contributed by atoms with Gasteiger partial charge in [-0.15, -0.1) is 0 Å². The predicted octanol–water partition coefficient (Wildman–Crippen LogP) is 1.24. The van der Waals surface area contributed by atoms with Gasteiger partial charge in [-0.1, -0.05) is 12.1 Å². The molecular formula is C23H28N4O5. The summed E-state index contributed by atoms with van der Waals surface area (Å²) in [7, 11) is 1.83. The Bertz CT molecular complexity index is 1080.